The highest BCUT2D eigenvalue weighted by Crippen LogP contribution is 2.50. The molecule has 1 heterocycles. The number of Topliss-reactive ketones (excluding diaryl/α,β-unsaturated/α-hetero) is 2. The predicted molar refractivity (Wildman–Crippen MR) is 169 cm³/mol. The van der Waals surface area contributed by atoms with Crippen molar-refractivity contribution in [1.82, 2.24) is 4.90 Å². The van der Waals surface area contributed by atoms with Crippen molar-refractivity contribution in [3.63, 3.8) is 0 Å². The topological polar surface area (TPSA) is 65.1 Å². The average molecular weight is 710 g/mol. The number of carbonyl (C=O) groups is 2. The number of allylic oxidation sites excluding steroid dienone is 4. The van der Waals surface area contributed by atoms with Gasteiger partial charge >= 0.3 is 0 Å². The second-order valence-corrected chi connectivity index (χ2v) is 12.5. The number of halogens is 3. The number of rotatable bonds is 10. The minimum Gasteiger partial charge on any atom is -0.490 e. The number of hydrogen-bond acceptors (Lipinski definition) is 6. The summed E-state index contributed by atoms with van der Waals surface area (Å²) in [6.45, 7) is 3.98. The highest BCUT2D eigenvalue weighted by atomic mass is 127. The van der Waals surface area contributed by atoms with Gasteiger partial charge in [-0.25, -0.2) is 0 Å². The van der Waals surface area contributed by atoms with E-state index in [1.807, 2.05) is 25.1 Å². The number of ketones is 2. The smallest absolute Gasteiger partial charge is 0.174 e. The first kappa shape index (κ1) is 30.4. The van der Waals surface area contributed by atoms with E-state index in [9.17, 15) is 9.59 Å². The molecular formula is C32H34Cl2INO5. The summed E-state index contributed by atoms with van der Waals surface area (Å²) in [4.78, 5) is 29.5. The normalized spacial score (nSPS) is 17.6. The van der Waals surface area contributed by atoms with Crippen molar-refractivity contribution in [2.45, 2.75) is 64.4 Å². The average Bonchev–Trinajstić information content (AvgIpc) is 2.94. The third kappa shape index (κ3) is 6.33. The Kier molecular flexibility index (Phi) is 10.00. The molecule has 0 radical (unpaired) electrons. The Morgan fingerprint density at radius 1 is 0.951 bits per heavy atom. The van der Waals surface area contributed by atoms with Gasteiger partial charge in [0.05, 0.1) is 10.2 Å². The second kappa shape index (κ2) is 13.5. The predicted octanol–water partition coefficient (Wildman–Crippen LogP) is 8.03. The molecule has 0 bridgehead atoms. The molecule has 6 nitrogen and oxygen atoms in total. The zero-order chi connectivity index (χ0) is 29.1. The van der Waals surface area contributed by atoms with E-state index in [0.29, 0.717) is 47.6 Å². The monoisotopic (exact) mass is 709 g/mol. The van der Waals surface area contributed by atoms with Gasteiger partial charge in [0.2, 0.25) is 0 Å². The van der Waals surface area contributed by atoms with Crippen LogP contribution in [0.4, 0.5) is 0 Å². The Labute approximate surface area is 265 Å². The quantitative estimate of drug-likeness (QED) is 0.184. The van der Waals surface area contributed by atoms with Crippen LogP contribution < -0.4 is 9.47 Å². The number of carbonyl (C=O) groups excluding carboxylic acids is 2. The van der Waals surface area contributed by atoms with Gasteiger partial charge in [-0.1, -0.05) is 29.3 Å². The molecule has 0 saturated carbocycles. The molecule has 0 spiro atoms. The summed E-state index contributed by atoms with van der Waals surface area (Å²) in [5, 5.41) is 1.10. The molecule has 5 rings (SSSR count). The minimum atomic E-state index is -0.410. The maximum absolute atomic E-state index is 13.6. The standard InChI is InChI=1S/C32H34Cl2INO5/c1-3-40-28-16-20(15-23(35)32(28)41-18-19-11-12-21(33)17-22(19)34)29-30-24(7-4-9-26(30)37)36(13-6-14-39-2)25-8-5-10-27(38)31(25)29/h11-12,15-17,29H,3-10,13-14,18H2,1-2H3. The summed E-state index contributed by atoms with van der Waals surface area (Å²) in [5.74, 6) is 1.03. The molecule has 2 aromatic rings. The molecule has 0 saturated heterocycles. The molecule has 0 amide bonds. The fraction of sp³-hybridized carbons (Fsp3) is 0.438. The van der Waals surface area contributed by atoms with Crippen LogP contribution in [0.3, 0.4) is 0 Å². The van der Waals surface area contributed by atoms with Crippen LogP contribution in [-0.4, -0.2) is 43.3 Å². The van der Waals surface area contributed by atoms with Crippen molar-refractivity contribution in [1.29, 1.82) is 0 Å². The van der Waals surface area contributed by atoms with Crippen LogP contribution in [0.25, 0.3) is 0 Å². The third-order valence-corrected chi connectivity index (χ3v) is 9.26. The number of benzene rings is 2. The van der Waals surface area contributed by atoms with Gasteiger partial charge in [-0.05, 0) is 91.4 Å². The summed E-state index contributed by atoms with van der Waals surface area (Å²) < 4.78 is 18.5. The summed E-state index contributed by atoms with van der Waals surface area (Å²) in [6, 6.07) is 9.31. The van der Waals surface area contributed by atoms with Crippen molar-refractivity contribution in [2.75, 3.05) is 26.9 Å². The van der Waals surface area contributed by atoms with Crippen molar-refractivity contribution in [2.24, 2.45) is 0 Å². The van der Waals surface area contributed by atoms with E-state index in [1.54, 1.807) is 19.2 Å². The van der Waals surface area contributed by atoms with E-state index >= 15 is 0 Å². The molecule has 9 heteroatoms. The second-order valence-electron chi connectivity index (χ2n) is 10.5. The van der Waals surface area contributed by atoms with Crippen molar-refractivity contribution < 1.29 is 23.8 Å². The van der Waals surface area contributed by atoms with Gasteiger partial charge < -0.3 is 19.1 Å². The maximum atomic E-state index is 13.6. The van der Waals surface area contributed by atoms with Crippen molar-refractivity contribution >= 4 is 57.4 Å². The molecule has 2 aliphatic carbocycles. The minimum absolute atomic E-state index is 0.128. The largest absolute Gasteiger partial charge is 0.490 e. The zero-order valence-electron chi connectivity index (χ0n) is 23.4. The Morgan fingerprint density at radius 3 is 2.24 bits per heavy atom. The molecule has 3 aliphatic rings. The van der Waals surface area contributed by atoms with E-state index in [0.717, 1.165) is 75.9 Å². The number of ether oxygens (including phenoxy) is 3. The van der Waals surface area contributed by atoms with Crippen molar-refractivity contribution in [3.8, 4) is 11.5 Å². The lowest BCUT2D eigenvalue weighted by atomic mass is 9.71. The first-order chi connectivity index (χ1) is 19.8. The SMILES string of the molecule is CCOc1cc(C2C3=C(CCCC3=O)N(CCCOC)C3=C2C(=O)CCC3)cc(I)c1OCc1ccc(Cl)cc1Cl. The molecule has 0 aromatic heterocycles. The Hall–Kier alpha value is -2.07. The lowest BCUT2D eigenvalue weighted by Gasteiger charge is -2.44. The Bertz CT molecular complexity index is 1380. The van der Waals surface area contributed by atoms with Gasteiger partial charge in [-0.3, -0.25) is 9.59 Å². The first-order valence-corrected chi connectivity index (χ1v) is 16.0. The van der Waals surface area contributed by atoms with Gasteiger partial charge in [0.25, 0.3) is 0 Å². The molecule has 0 fully saturated rings. The van der Waals surface area contributed by atoms with Crippen molar-refractivity contribution in [3.05, 3.63) is 77.6 Å². The molecule has 1 aliphatic heterocycles. The lowest BCUT2D eigenvalue weighted by Crippen LogP contribution is -2.39. The molecule has 0 atom stereocenters. The Balaban J connectivity index is 1.58. The fourth-order valence-electron chi connectivity index (χ4n) is 6.13. The van der Waals surface area contributed by atoms with Crippen LogP contribution in [-0.2, 0) is 20.9 Å². The van der Waals surface area contributed by atoms with Crippen LogP contribution in [0.15, 0.2) is 52.9 Å². The highest BCUT2D eigenvalue weighted by Gasteiger charge is 2.43. The van der Waals surface area contributed by atoms with E-state index in [4.69, 9.17) is 37.4 Å². The number of nitrogens with zero attached hydrogens (tertiary/aromatic N) is 1. The fourth-order valence-corrected chi connectivity index (χ4v) is 7.38. The van der Waals surface area contributed by atoms with Crippen LogP contribution in [0.1, 0.15) is 68.9 Å². The highest BCUT2D eigenvalue weighted by molar-refractivity contribution is 14.1. The Morgan fingerprint density at radius 2 is 1.63 bits per heavy atom. The van der Waals surface area contributed by atoms with Crippen LogP contribution in [0, 0.1) is 3.57 Å². The van der Waals surface area contributed by atoms with E-state index in [2.05, 4.69) is 27.5 Å². The first-order valence-electron chi connectivity index (χ1n) is 14.2. The molecule has 0 N–H and O–H groups in total. The van der Waals surface area contributed by atoms with E-state index in [1.165, 1.54) is 0 Å². The van der Waals surface area contributed by atoms with E-state index in [-0.39, 0.29) is 18.2 Å². The van der Waals surface area contributed by atoms with Crippen LogP contribution >= 0.6 is 45.8 Å². The van der Waals surface area contributed by atoms with Gasteiger partial charge in [-0.2, -0.15) is 0 Å². The van der Waals surface area contributed by atoms with E-state index < -0.39 is 5.92 Å². The summed E-state index contributed by atoms with van der Waals surface area (Å²) in [7, 11) is 1.70. The summed E-state index contributed by atoms with van der Waals surface area (Å²) in [6.07, 6.45) is 5.12. The lowest BCUT2D eigenvalue weighted by molar-refractivity contribution is -0.117. The third-order valence-electron chi connectivity index (χ3n) is 7.87. The van der Waals surface area contributed by atoms with Gasteiger partial charge in [0.1, 0.15) is 6.61 Å². The zero-order valence-corrected chi connectivity index (χ0v) is 27.0. The summed E-state index contributed by atoms with van der Waals surface area (Å²) in [5.41, 5.74) is 5.37. The van der Waals surface area contributed by atoms with Gasteiger partial charge in [0.15, 0.2) is 23.1 Å². The molecule has 41 heavy (non-hydrogen) atoms. The summed E-state index contributed by atoms with van der Waals surface area (Å²) >= 11 is 14.7. The van der Waals surface area contributed by atoms with Crippen LogP contribution in [0.2, 0.25) is 10.0 Å². The number of methoxy groups -OCH3 is 1. The van der Waals surface area contributed by atoms with Crippen LogP contribution in [0.5, 0.6) is 11.5 Å². The maximum Gasteiger partial charge on any atom is 0.174 e. The van der Waals surface area contributed by atoms with Gasteiger partial charge in [-0.15, -0.1) is 0 Å². The molecule has 218 valence electrons. The number of hydrogen-bond donors (Lipinski definition) is 0. The molecular weight excluding hydrogens is 676 g/mol. The van der Waals surface area contributed by atoms with Gasteiger partial charge in [0, 0.05) is 77.2 Å². The molecule has 2 aromatic carbocycles. The molecule has 0 unspecified atom stereocenters.